The molecule has 2 aromatic heterocycles. The number of carboxylic acids is 1. The molecule has 0 saturated heterocycles. The summed E-state index contributed by atoms with van der Waals surface area (Å²) in [4.78, 5) is 28.5. The molecule has 0 aliphatic heterocycles. The molecule has 0 spiro atoms. The van der Waals surface area contributed by atoms with Gasteiger partial charge in [0.1, 0.15) is 4.88 Å². The van der Waals surface area contributed by atoms with E-state index >= 15 is 0 Å². The number of ether oxygens (including phenoxy) is 2. The maximum Gasteiger partial charge on any atom is 0.347 e. The fraction of sp³-hybridized carbons (Fsp3) is 0.211. The standard InChI is InChI=1S/C19H18N2O5S/c1-4-26-16-12(6-5-7-14(16)25-3)8-9-13-11(2)17(22)21-10-15(18(23)24)27-19(21)20-13/h5-10H,4H2,1-3H3,(H,23,24). The summed E-state index contributed by atoms with van der Waals surface area (Å²) < 4.78 is 12.3. The lowest BCUT2D eigenvalue weighted by atomic mass is 10.1. The number of methoxy groups -OCH3 is 1. The van der Waals surface area contributed by atoms with Crippen LogP contribution in [0.3, 0.4) is 0 Å². The number of para-hydroxylation sites is 1. The first-order chi connectivity index (χ1) is 13.0. The smallest absolute Gasteiger partial charge is 0.347 e. The maximum absolute atomic E-state index is 12.5. The van der Waals surface area contributed by atoms with Crippen molar-refractivity contribution in [2.24, 2.45) is 0 Å². The molecule has 0 unspecified atom stereocenters. The molecule has 7 nitrogen and oxygen atoms in total. The van der Waals surface area contributed by atoms with Gasteiger partial charge in [-0.3, -0.25) is 9.20 Å². The summed E-state index contributed by atoms with van der Waals surface area (Å²) in [5.74, 6) is 0.138. The molecule has 27 heavy (non-hydrogen) atoms. The predicted molar refractivity (Wildman–Crippen MR) is 104 cm³/mol. The Bertz CT molecular complexity index is 1100. The maximum atomic E-state index is 12.5. The zero-order chi connectivity index (χ0) is 19.6. The molecule has 0 bridgehead atoms. The summed E-state index contributed by atoms with van der Waals surface area (Å²) in [5.41, 5.74) is 1.40. The van der Waals surface area contributed by atoms with E-state index in [4.69, 9.17) is 14.6 Å². The van der Waals surface area contributed by atoms with E-state index in [0.717, 1.165) is 16.9 Å². The Kier molecular flexibility index (Phi) is 5.27. The minimum atomic E-state index is -1.09. The Balaban J connectivity index is 2.08. The van der Waals surface area contributed by atoms with Crippen LogP contribution in [0.25, 0.3) is 17.1 Å². The van der Waals surface area contributed by atoms with Gasteiger partial charge in [0.2, 0.25) is 0 Å². The van der Waals surface area contributed by atoms with Crippen LogP contribution in [0, 0.1) is 6.92 Å². The van der Waals surface area contributed by atoms with Gasteiger partial charge in [-0.2, -0.15) is 0 Å². The van der Waals surface area contributed by atoms with Crippen molar-refractivity contribution >= 4 is 34.4 Å². The van der Waals surface area contributed by atoms with Gasteiger partial charge in [0.25, 0.3) is 5.56 Å². The third-order valence-electron chi connectivity index (χ3n) is 3.94. The van der Waals surface area contributed by atoms with E-state index in [2.05, 4.69) is 4.98 Å². The molecule has 0 atom stereocenters. The van der Waals surface area contributed by atoms with Crippen molar-refractivity contribution in [1.29, 1.82) is 0 Å². The molecular weight excluding hydrogens is 368 g/mol. The van der Waals surface area contributed by atoms with Crippen LogP contribution in [0.5, 0.6) is 11.5 Å². The minimum Gasteiger partial charge on any atom is -0.493 e. The average molecular weight is 386 g/mol. The topological polar surface area (TPSA) is 90.1 Å². The third kappa shape index (κ3) is 3.56. The number of carboxylic acid groups (broad SMARTS) is 1. The van der Waals surface area contributed by atoms with E-state index in [0.29, 0.717) is 34.3 Å². The molecule has 2 heterocycles. The summed E-state index contributed by atoms with van der Waals surface area (Å²) in [7, 11) is 1.57. The second-order valence-corrected chi connectivity index (χ2v) is 6.63. The number of thiazole rings is 1. The molecule has 140 valence electrons. The normalized spacial score (nSPS) is 11.2. The van der Waals surface area contributed by atoms with Gasteiger partial charge >= 0.3 is 5.97 Å². The fourth-order valence-corrected chi connectivity index (χ4v) is 3.42. The highest BCUT2D eigenvalue weighted by molar-refractivity contribution is 7.18. The van der Waals surface area contributed by atoms with E-state index in [1.807, 2.05) is 25.1 Å². The Morgan fingerprint density at radius 3 is 2.81 bits per heavy atom. The molecule has 1 aromatic carbocycles. The highest BCUT2D eigenvalue weighted by Gasteiger charge is 2.14. The highest BCUT2D eigenvalue weighted by atomic mass is 32.1. The predicted octanol–water partition coefficient (Wildman–Crippen LogP) is 3.34. The summed E-state index contributed by atoms with van der Waals surface area (Å²) in [6, 6.07) is 5.53. The zero-order valence-electron chi connectivity index (χ0n) is 15.1. The minimum absolute atomic E-state index is 0.0616. The van der Waals surface area contributed by atoms with Crippen molar-refractivity contribution in [2.75, 3.05) is 13.7 Å². The number of aromatic nitrogens is 2. The first kappa shape index (κ1) is 18.7. The van der Waals surface area contributed by atoms with Crippen LogP contribution < -0.4 is 15.0 Å². The molecule has 3 rings (SSSR count). The molecule has 8 heteroatoms. The molecule has 1 N–H and O–H groups in total. The number of rotatable bonds is 6. The lowest BCUT2D eigenvalue weighted by molar-refractivity contribution is 0.0701. The van der Waals surface area contributed by atoms with Crippen molar-refractivity contribution in [2.45, 2.75) is 13.8 Å². The van der Waals surface area contributed by atoms with Crippen molar-refractivity contribution in [3.8, 4) is 11.5 Å². The van der Waals surface area contributed by atoms with Gasteiger partial charge in [0.15, 0.2) is 16.5 Å². The van der Waals surface area contributed by atoms with Crippen LogP contribution in [0.2, 0.25) is 0 Å². The van der Waals surface area contributed by atoms with Gasteiger partial charge in [0.05, 0.1) is 19.4 Å². The van der Waals surface area contributed by atoms with Gasteiger partial charge in [-0.25, -0.2) is 9.78 Å². The van der Waals surface area contributed by atoms with Crippen LogP contribution in [0.1, 0.15) is 33.4 Å². The molecule has 0 fully saturated rings. The second-order valence-electron chi connectivity index (χ2n) is 5.63. The van der Waals surface area contributed by atoms with Gasteiger partial charge in [-0.1, -0.05) is 23.5 Å². The number of hydrogen-bond donors (Lipinski definition) is 1. The Morgan fingerprint density at radius 2 is 2.15 bits per heavy atom. The monoisotopic (exact) mass is 386 g/mol. The Morgan fingerprint density at radius 1 is 1.37 bits per heavy atom. The summed E-state index contributed by atoms with van der Waals surface area (Å²) in [6.45, 7) is 4.03. The van der Waals surface area contributed by atoms with Gasteiger partial charge in [0, 0.05) is 17.3 Å². The van der Waals surface area contributed by atoms with Crippen LogP contribution >= 0.6 is 11.3 Å². The molecule has 0 aliphatic carbocycles. The molecule has 0 amide bonds. The first-order valence-corrected chi connectivity index (χ1v) is 9.01. The van der Waals surface area contributed by atoms with E-state index in [9.17, 15) is 9.59 Å². The number of aromatic carboxylic acids is 1. The number of hydrogen-bond acceptors (Lipinski definition) is 6. The number of nitrogens with zero attached hydrogens (tertiary/aromatic N) is 2. The van der Waals surface area contributed by atoms with Crippen LogP contribution in [0.4, 0.5) is 0 Å². The quantitative estimate of drug-likeness (QED) is 0.699. The summed E-state index contributed by atoms with van der Waals surface area (Å²) in [5, 5.41) is 9.13. The molecule has 0 radical (unpaired) electrons. The summed E-state index contributed by atoms with van der Waals surface area (Å²) >= 11 is 0.955. The van der Waals surface area contributed by atoms with Gasteiger partial charge in [-0.05, 0) is 32.1 Å². The molecular formula is C19H18N2O5S. The number of carbonyl (C=O) groups is 1. The van der Waals surface area contributed by atoms with Crippen LogP contribution in [-0.2, 0) is 0 Å². The van der Waals surface area contributed by atoms with Crippen molar-refractivity contribution < 1.29 is 19.4 Å². The van der Waals surface area contributed by atoms with Crippen molar-refractivity contribution in [3.05, 3.63) is 56.4 Å². The SMILES string of the molecule is CCOc1c(C=Cc2nc3sc(C(=O)O)cn3c(=O)c2C)cccc1OC. The molecule has 0 aliphatic rings. The number of fused-ring (bicyclic) bond motifs is 1. The average Bonchev–Trinajstić information content (AvgIpc) is 3.09. The largest absolute Gasteiger partial charge is 0.493 e. The fourth-order valence-electron chi connectivity index (χ4n) is 2.60. The lowest BCUT2D eigenvalue weighted by Crippen LogP contribution is -2.17. The van der Waals surface area contributed by atoms with Gasteiger partial charge in [-0.15, -0.1) is 0 Å². The second kappa shape index (κ2) is 7.63. The van der Waals surface area contributed by atoms with E-state index in [1.165, 1.54) is 10.6 Å². The highest BCUT2D eigenvalue weighted by Crippen LogP contribution is 2.32. The number of benzene rings is 1. The first-order valence-electron chi connectivity index (χ1n) is 8.20. The Labute approximate surface area is 159 Å². The van der Waals surface area contributed by atoms with Gasteiger partial charge < -0.3 is 14.6 Å². The Hall–Kier alpha value is -3.13. The molecule has 0 saturated carbocycles. The summed E-state index contributed by atoms with van der Waals surface area (Å²) in [6.07, 6.45) is 4.81. The van der Waals surface area contributed by atoms with E-state index < -0.39 is 5.97 Å². The van der Waals surface area contributed by atoms with Crippen molar-refractivity contribution in [3.63, 3.8) is 0 Å². The van der Waals surface area contributed by atoms with E-state index in [1.54, 1.807) is 26.2 Å². The third-order valence-corrected chi connectivity index (χ3v) is 4.91. The van der Waals surface area contributed by atoms with Crippen LogP contribution in [-0.4, -0.2) is 34.2 Å². The zero-order valence-corrected chi connectivity index (χ0v) is 15.9. The van der Waals surface area contributed by atoms with Crippen molar-refractivity contribution in [1.82, 2.24) is 9.38 Å². The lowest BCUT2D eigenvalue weighted by Gasteiger charge is -2.11. The van der Waals surface area contributed by atoms with E-state index in [-0.39, 0.29) is 10.4 Å². The molecule has 3 aromatic rings. The van der Waals surface area contributed by atoms with Crippen LogP contribution in [0.15, 0.2) is 29.2 Å².